The molecule has 0 radical (unpaired) electrons. The Labute approximate surface area is 184 Å². The Morgan fingerprint density at radius 2 is 1.62 bits per heavy atom. The molecule has 0 unspecified atom stereocenters. The highest BCUT2D eigenvalue weighted by Crippen LogP contribution is 2.31. The number of nitrogens with one attached hydrogen (secondary N) is 2. The van der Waals surface area contributed by atoms with Crippen molar-refractivity contribution in [2.24, 2.45) is 0 Å². The summed E-state index contributed by atoms with van der Waals surface area (Å²) in [5.41, 5.74) is 2.16. The third kappa shape index (κ3) is 5.19. The fraction of sp³-hybridized carbons (Fsp3) is 0.190. The molecule has 11 nitrogen and oxygen atoms in total. The molecule has 0 atom stereocenters. The van der Waals surface area contributed by atoms with Gasteiger partial charge in [0.05, 0.1) is 26.0 Å². The summed E-state index contributed by atoms with van der Waals surface area (Å²) in [4.78, 5) is 14.2. The Morgan fingerprint density at radius 3 is 2.31 bits per heavy atom. The van der Waals surface area contributed by atoms with Crippen LogP contribution in [0.5, 0.6) is 17.2 Å². The van der Waals surface area contributed by atoms with Crippen molar-refractivity contribution < 1.29 is 14.6 Å². The SMILES string of the molecule is COc1ccc(Nc2ncnc(Nc3ccc(C)c(O)c3)n2)cc1OCCn1nccn1. The Kier molecular flexibility index (Phi) is 6.25. The first-order chi connectivity index (χ1) is 15.6. The van der Waals surface area contributed by atoms with Crippen molar-refractivity contribution in [3.05, 3.63) is 60.7 Å². The topological polar surface area (TPSA) is 132 Å². The summed E-state index contributed by atoms with van der Waals surface area (Å²) in [7, 11) is 1.58. The molecule has 2 aromatic heterocycles. The van der Waals surface area contributed by atoms with Gasteiger partial charge in [-0.25, -0.2) is 9.97 Å². The van der Waals surface area contributed by atoms with Crippen molar-refractivity contribution in [3.63, 3.8) is 0 Å². The second kappa shape index (κ2) is 9.60. The second-order valence-electron chi connectivity index (χ2n) is 6.72. The number of aromatic nitrogens is 6. The number of phenolic OH excluding ortho intramolecular Hbond substituents is 1. The first-order valence-corrected chi connectivity index (χ1v) is 9.78. The zero-order valence-corrected chi connectivity index (χ0v) is 17.6. The van der Waals surface area contributed by atoms with E-state index in [-0.39, 0.29) is 5.75 Å². The zero-order chi connectivity index (χ0) is 22.3. The van der Waals surface area contributed by atoms with Crippen molar-refractivity contribution in [2.45, 2.75) is 13.5 Å². The Morgan fingerprint density at radius 1 is 0.938 bits per heavy atom. The van der Waals surface area contributed by atoms with Gasteiger partial charge in [-0.05, 0) is 30.7 Å². The van der Waals surface area contributed by atoms with Gasteiger partial charge in [0.2, 0.25) is 11.9 Å². The quantitative estimate of drug-likeness (QED) is 0.361. The van der Waals surface area contributed by atoms with Gasteiger partial charge in [0.1, 0.15) is 18.7 Å². The van der Waals surface area contributed by atoms with E-state index in [0.717, 1.165) is 5.56 Å². The molecule has 0 fully saturated rings. The van der Waals surface area contributed by atoms with Gasteiger partial charge in [0.25, 0.3) is 0 Å². The maximum absolute atomic E-state index is 9.88. The molecule has 32 heavy (non-hydrogen) atoms. The number of methoxy groups -OCH3 is 1. The molecule has 0 amide bonds. The number of benzene rings is 2. The predicted octanol–water partition coefficient (Wildman–Crippen LogP) is 3.05. The van der Waals surface area contributed by atoms with Crippen LogP contribution in [0.3, 0.4) is 0 Å². The van der Waals surface area contributed by atoms with Crippen LogP contribution in [0.4, 0.5) is 23.3 Å². The van der Waals surface area contributed by atoms with E-state index in [9.17, 15) is 5.11 Å². The molecule has 0 aliphatic rings. The molecule has 11 heteroatoms. The molecular weight excluding hydrogens is 412 g/mol. The standard InChI is InChI=1S/C21H22N8O3/c1-14-3-4-15(11-17(14)30)26-20-22-13-23-21(28-20)27-16-5-6-18(31-2)19(12-16)32-10-9-29-24-7-8-25-29/h3-8,11-13,30H,9-10H2,1-2H3,(H2,22,23,26,27,28). The first-order valence-electron chi connectivity index (χ1n) is 9.78. The average molecular weight is 434 g/mol. The number of ether oxygens (including phenoxy) is 2. The Hall–Kier alpha value is -4.41. The van der Waals surface area contributed by atoms with Gasteiger partial charge in [-0.1, -0.05) is 6.07 Å². The number of aryl methyl sites for hydroxylation is 1. The number of aromatic hydroxyl groups is 1. The van der Waals surface area contributed by atoms with Crippen molar-refractivity contribution in [2.75, 3.05) is 24.4 Å². The lowest BCUT2D eigenvalue weighted by molar-refractivity contribution is 0.267. The van der Waals surface area contributed by atoms with Crippen LogP contribution in [0.2, 0.25) is 0 Å². The van der Waals surface area contributed by atoms with Crippen LogP contribution in [0.1, 0.15) is 5.56 Å². The minimum atomic E-state index is 0.191. The van der Waals surface area contributed by atoms with Crippen molar-refractivity contribution in [3.8, 4) is 17.2 Å². The molecular formula is C21H22N8O3. The van der Waals surface area contributed by atoms with Gasteiger partial charge < -0.3 is 25.2 Å². The fourth-order valence-corrected chi connectivity index (χ4v) is 2.83. The second-order valence-corrected chi connectivity index (χ2v) is 6.72. The molecule has 4 aromatic rings. The lowest BCUT2D eigenvalue weighted by Gasteiger charge is -2.13. The lowest BCUT2D eigenvalue weighted by atomic mass is 10.2. The van der Waals surface area contributed by atoms with E-state index in [4.69, 9.17) is 9.47 Å². The van der Waals surface area contributed by atoms with E-state index in [1.54, 1.807) is 48.6 Å². The number of nitrogens with zero attached hydrogens (tertiary/aromatic N) is 6. The summed E-state index contributed by atoms with van der Waals surface area (Å²) in [6, 6.07) is 10.7. The van der Waals surface area contributed by atoms with Gasteiger partial charge in [-0.15, -0.1) is 0 Å². The van der Waals surface area contributed by atoms with Gasteiger partial charge >= 0.3 is 0 Å². The minimum Gasteiger partial charge on any atom is -0.508 e. The van der Waals surface area contributed by atoms with Crippen LogP contribution in [-0.2, 0) is 6.54 Å². The maximum Gasteiger partial charge on any atom is 0.232 e. The van der Waals surface area contributed by atoms with E-state index in [1.807, 2.05) is 19.1 Å². The van der Waals surface area contributed by atoms with E-state index >= 15 is 0 Å². The third-order valence-electron chi connectivity index (χ3n) is 4.47. The highest BCUT2D eigenvalue weighted by molar-refractivity contribution is 5.61. The highest BCUT2D eigenvalue weighted by atomic mass is 16.5. The molecule has 0 saturated carbocycles. The number of rotatable bonds is 9. The number of hydrogen-bond acceptors (Lipinski definition) is 10. The van der Waals surface area contributed by atoms with E-state index < -0.39 is 0 Å². The van der Waals surface area contributed by atoms with Crippen LogP contribution < -0.4 is 20.1 Å². The van der Waals surface area contributed by atoms with Crippen molar-refractivity contribution in [1.29, 1.82) is 0 Å². The summed E-state index contributed by atoms with van der Waals surface area (Å²) in [5.74, 6) is 2.03. The number of anilines is 4. The molecule has 3 N–H and O–H groups in total. The molecule has 2 heterocycles. The Bertz CT molecular complexity index is 1180. The summed E-state index contributed by atoms with van der Waals surface area (Å²) >= 11 is 0. The maximum atomic E-state index is 9.88. The van der Waals surface area contributed by atoms with Crippen LogP contribution in [0.25, 0.3) is 0 Å². The summed E-state index contributed by atoms with van der Waals surface area (Å²) in [6.07, 6.45) is 4.62. The normalized spacial score (nSPS) is 10.6. The molecule has 0 aliphatic heterocycles. The number of hydrogen-bond donors (Lipinski definition) is 3. The molecule has 0 aliphatic carbocycles. The Balaban J connectivity index is 1.44. The fourth-order valence-electron chi connectivity index (χ4n) is 2.83. The molecule has 164 valence electrons. The van der Waals surface area contributed by atoms with Crippen LogP contribution >= 0.6 is 0 Å². The van der Waals surface area contributed by atoms with Gasteiger partial charge in [0.15, 0.2) is 11.5 Å². The molecule has 0 bridgehead atoms. The van der Waals surface area contributed by atoms with Crippen LogP contribution in [-0.4, -0.2) is 48.8 Å². The third-order valence-corrected chi connectivity index (χ3v) is 4.47. The lowest BCUT2D eigenvalue weighted by Crippen LogP contribution is -2.11. The highest BCUT2D eigenvalue weighted by Gasteiger charge is 2.09. The zero-order valence-electron chi connectivity index (χ0n) is 17.6. The first kappa shape index (κ1) is 20.8. The van der Waals surface area contributed by atoms with Crippen molar-refractivity contribution >= 4 is 23.3 Å². The summed E-state index contributed by atoms with van der Waals surface area (Å²) < 4.78 is 11.2. The van der Waals surface area contributed by atoms with E-state index in [2.05, 4.69) is 35.8 Å². The van der Waals surface area contributed by atoms with Gasteiger partial charge in [-0.2, -0.15) is 20.0 Å². The summed E-state index contributed by atoms with van der Waals surface area (Å²) in [5, 5.41) is 24.2. The monoisotopic (exact) mass is 434 g/mol. The van der Waals surface area contributed by atoms with Gasteiger partial charge in [0, 0.05) is 23.5 Å². The molecule has 2 aromatic carbocycles. The van der Waals surface area contributed by atoms with Crippen LogP contribution in [0.15, 0.2) is 55.1 Å². The molecule has 0 spiro atoms. The average Bonchev–Trinajstić information content (AvgIpc) is 3.30. The summed E-state index contributed by atoms with van der Waals surface area (Å²) in [6.45, 7) is 2.70. The largest absolute Gasteiger partial charge is 0.508 e. The van der Waals surface area contributed by atoms with E-state index in [1.165, 1.54) is 6.33 Å². The minimum absolute atomic E-state index is 0.191. The molecule has 4 rings (SSSR count). The van der Waals surface area contributed by atoms with Crippen LogP contribution in [0, 0.1) is 6.92 Å². The smallest absolute Gasteiger partial charge is 0.232 e. The molecule has 0 saturated heterocycles. The van der Waals surface area contributed by atoms with Gasteiger partial charge in [-0.3, -0.25) is 0 Å². The van der Waals surface area contributed by atoms with E-state index in [0.29, 0.717) is 47.9 Å². The predicted molar refractivity (Wildman–Crippen MR) is 118 cm³/mol. The van der Waals surface area contributed by atoms with Crippen molar-refractivity contribution in [1.82, 2.24) is 29.9 Å². The number of phenols is 1.